The smallest absolute Gasteiger partial charge is 0.269 e. The van der Waals surface area contributed by atoms with Crippen LogP contribution in [0.3, 0.4) is 0 Å². The van der Waals surface area contributed by atoms with Crippen LogP contribution in [0, 0.1) is 19.7 Å². The van der Waals surface area contributed by atoms with Gasteiger partial charge in [-0.1, -0.05) is 0 Å². The number of aromatic amines is 1. The number of hydrogen-bond donors (Lipinski definition) is 1. The molecule has 0 saturated heterocycles. The Kier molecular flexibility index (Phi) is 1.84. The SMILES string of the molecule is Cc1cc2[nH]c(=O)c(C)nc2cc1F. The Balaban J connectivity index is 2.90. The molecule has 14 heavy (non-hydrogen) atoms. The number of nitrogens with one attached hydrogen (secondary N) is 1. The average molecular weight is 192 g/mol. The normalized spacial score (nSPS) is 10.8. The van der Waals surface area contributed by atoms with Crippen molar-refractivity contribution < 1.29 is 4.39 Å². The van der Waals surface area contributed by atoms with Gasteiger partial charge in [-0.3, -0.25) is 4.79 Å². The van der Waals surface area contributed by atoms with Crippen LogP contribution >= 0.6 is 0 Å². The average Bonchev–Trinajstić information content (AvgIpc) is 2.11. The predicted octanol–water partition coefficient (Wildman–Crippen LogP) is 1.68. The maximum absolute atomic E-state index is 13.1. The molecule has 1 N–H and O–H groups in total. The summed E-state index contributed by atoms with van der Waals surface area (Å²) < 4.78 is 13.1. The van der Waals surface area contributed by atoms with Crippen molar-refractivity contribution in [3.63, 3.8) is 0 Å². The summed E-state index contributed by atoms with van der Waals surface area (Å²) in [7, 11) is 0. The number of nitrogens with zero attached hydrogens (tertiary/aromatic N) is 1. The molecule has 1 heterocycles. The number of hydrogen-bond acceptors (Lipinski definition) is 2. The lowest BCUT2D eigenvalue weighted by atomic mass is 10.2. The van der Waals surface area contributed by atoms with Gasteiger partial charge < -0.3 is 4.98 Å². The van der Waals surface area contributed by atoms with Crippen LogP contribution in [0.15, 0.2) is 16.9 Å². The number of rotatable bonds is 0. The van der Waals surface area contributed by atoms with Crippen LogP contribution in [0.5, 0.6) is 0 Å². The molecule has 0 amide bonds. The first-order valence-electron chi connectivity index (χ1n) is 4.25. The van der Waals surface area contributed by atoms with E-state index in [0.29, 0.717) is 22.3 Å². The third kappa shape index (κ3) is 1.28. The molecular weight excluding hydrogens is 183 g/mol. The summed E-state index contributed by atoms with van der Waals surface area (Å²) in [6, 6.07) is 2.91. The molecule has 0 atom stereocenters. The summed E-state index contributed by atoms with van der Waals surface area (Å²) in [6.45, 7) is 3.24. The van der Waals surface area contributed by atoms with Crippen molar-refractivity contribution in [1.82, 2.24) is 9.97 Å². The van der Waals surface area contributed by atoms with Crippen LogP contribution in [-0.4, -0.2) is 9.97 Å². The van der Waals surface area contributed by atoms with Crippen LogP contribution in [-0.2, 0) is 0 Å². The zero-order valence-corrected chi connectivity index (χ0v) is 7.89. The van der Waals surface area contributed by atoms with Crippen LogP contribution in [0.25, 0.3) is 11.0 Å². The number of fused-ring (bicyclic) bond motifs is 1. The topological polar surface area (TPSA) is 45.8 Å². The first kappa shape index (κ1) is 8.87. The van der Waals surface area contributed by atoms with E-state index in [0.717, 1.165) is 0 Å². The lowest BCUT2D eigenvalue weighted by Gasteiger charge is -2.01. The van der Waals surface area contributed by atoms with Gasteiger partial charge in [0.15, 0.2) is 0 Å². The first-order valence-corrected chi connectivity index (χ1v) is 4.25. The number of halogens is 1. The van der Waals surface area contributed by atoms with Gasteiger partial charge in [0.25, 0.3) is 5.56 Å². The van der Waals surface area contributed by atoms with Crippen LogP contribution in [0.4, 0.5) is 4.39 Å². The summed E-state index contributed by atoms with van der Waals surface area (Å²) in [6.07, 6.45) is 0. The largest absolute Gasteiger partial charge is 0.319 e. The molecule has 4 heteroatoms. The van der Waals surface area contributed by atoms with Gasteiger partial charge in [0, 0.05) is 6.07 Å². The molecule has 1 aromatic heterocycles. The Morgan fingerprint density at radius 3 is 2.79 bits per heavy atom. The highest BCUT2D eigenvalue weighted by atomic mass is 19.1. The highest BCUT2D eigenvalue weighted by Gasteiger charge is 2.04. The van der Waals surface area contributed by atoms with E-state index in [2.05, 4.69) is 9.97 Å². The van der Waals surface area contributed by atoms with Gasteiger partial charge in [-0.15, -0.1) is 0 Å². The van der Waals surface area contributed by atoms with Gasteiger partial charge in [-0.25, -0.2) is 9.37 Å². The van der Waals surface area contributed by atoms with Gasteiger partial charge in [-0.05, 0) is 25.5 Å². The van der Waals surface area contributed by atoms with Crippen LogP contribution in [0.2, 0.25) is 0 Å². The molecule has 1 aromatic carbocycles. The van der Waals surface area contributed by atoms with Crippen molar-refractivity contribution in [3.8, 4) is 0 Å². The quantitative estimate of drug-likeness (QED) is 0.690. The minimum atomic E-state index is -0.309. The molecule has 0 spiro atoms. The van der Waals surface area contributed by atoms with Crippen molar-refractivity contribution in [1.29, 1.82) is 0 Å². The van der Waals surface area contributed by atoms with E-state index in [1.54, 1.807) is 19.9 Å². The lowest BCUT2D eigenvalue weighted by molar-refractivity contribution is 0.620. The molecule has 0 bridgehead atoms. The Labute approximate surface area is 79.6 Å². The van der Waals surface area contributed by atoms with E-state index in [1.807, 2.05) is 0 Å². The van der Waals surface area contributed by atoms with Crippen molar-refractivity contribution in [2.75, 3.05) is 0 Å². The number of aryl methyl sites for hydroxylation is 2. The molecule has 2 rings (SSSR count). The fourth-order valence-electron chi connectivity index (χ4n) is 1.31. The Hall–Kier alpha value is -1.71. The van der Waals surface area contributed by atoms with Crippen LogP contribution < -0.4 is 5.56 Å². The second kappa shape index (κ2) is 2.90. The molecule has 3 nitrogen and oxygen atoms in total. The van der Waals surface area contributed by atoms with E-state index in [1.165, 1.54) is 6.07 Å². The monoisotopic (exact) mass is 192 g/mol. The zero-order chi connectivity index (χ0) is 10.3. The van der Waals surface area contributed by atoms with Crippen molar-refractivity contribution in [2.24, 2.45) is 0 Å². The van der Waals surface area contributed by atoms with E-state index in [-0.39, 0.29) is 11.4 Å². The van der Waals surface area contributed by atoms with Crippen LogP contribution in [0.1, 0.15) is 11.3 Å². The highest BCUT2D eigenvalue weighted by molar-refractivity contribution is 5.74. The van der Waals surface area contributed by atoms with Gasteiger partial charge in [-0.2, -0.15) is 0 Å². The summed E-state index contributed by atoms with van der Waals surface area (Å²) >= 11 is 0. The summed E-state index contributed by atoms with van der Waals surface area (Å²) in [4.78, 5) is 17.9. The molecular formula is C10H9FN2O. The second-order valence-corrected chi connectivity index (χ2v) is 3.27. The summed E-state index contributed by atoms with van der Waals surface area (Å²) in [5.74, 6) is -0.309. The molecule has 0 fully saturated rings. The second-order valence-electron chi connectivity index (χ2n) is 3.27. The fourth-order valence-corrected chi connectivity index (χ4v) is 1.31. The minimum Gasteiger partial charge on any atom is -0.319 e. The summed E-state index contributed by atoms with van der Waals surface area (Å²) in [5.41, 5.74) is 1.66. The number of benzene rings is 1. The number of H-pyrrole nitrogens is 1. The van der Waals surface area contributed by atoms with E-state index < -0.39 is 0 Å². The van der Waals surface area contributed by atoms with Gasteiger partial charge in [0.2, 0.25) is 0 Å². The molecule has 72 valence electrons. The minimum absolute atomic E-state index is 0.233. The molecule has 0 aliphatic rings. The first-order chi connectivity index (χ1) is 6.58. The van der Waals surface area contributed by atoms with E-state index in [4.69, 9.17) is 0 Å². The molecule has 0 aliphatic heterocycles. The maximum atomic E-state index is 13.1. The molecule has 0 aliphatic carbocycles. The Bertz CT molecular complexity index is 560. The van der Waals surface area contributed by atoms with Crippen molar-refractivity contribution in [2.45, 2.75) is 13.8 Å². The van der Waals surface area contributed by atoms with Crippen molar-refractivity contribution >= 4 is 11.0 Å². The van der Waals surface area contributed by atoms with Gasteiger partial charge in [0.05, 0.1) is 11.0 Å². The van der Waals surface area contributed by atoms with Gasteiger partial charge in [0.1, 0.15) is 11.5 Å². The Morgan fingerprint density at radius 1 is 1.36 bits per heavy atom. The lowest BCUT2D eigenvalue weighted by Crippen LogP contribution is -2.11. The molecule has 0 saturated carbocycles. The Morgan fingerprint density at radius 2 is 2.07 bits per heavy atom. The fraction of sp³-hybridized carbons (Fsp3) is 0.200. The van der Waals surface area contributed by atoms with E-state index >= 15 is 0 Å². The maximum Gasteiger partial charge on any atom is 0.269 e. The molecule has 2 aromatic rings. The summed E-state index contributed by atoms with van der Waals surface area (Å²) in [5, 5.41) is 0. The highest BCUT2D eigenvalue weighted by Crippen LogP contribution is 2.13. The van der Waals surface area contributed by atoms with E-state index in [9.17, 15) is 9.18 Å². The molecule has 0 unspecified atom stereocenters. The van der Waals surface area contributed by atoms with Gasteiger partial charge >= 0.3 is 0 Å². The standard InChI is InChI=1S/C10H9FN2O/c1-5-3-8-9(4-7(5)11)12-6(2)10(14)13-8/h3-4H,1-2H3,(H,13,14). The molecule has 0 radical (unpaired) electrons. The zero-order valence-electron chi connectivity index (χ0n) is 7.89. The number of aromatic nitrogens is 2. The van der Waals surface area contributed by atoms with Crippen molar-refractivity contribution in [3.05, 3.63) is 39.6 Å². The third-order valence-electron chi connectivity index (χ3n) is 2.14. The predicted molar refractivity (Wildman–Crippen MR) is 51.8 cm³/mol. The third-order valence-corrected chi connectivity index (χ3v) is 2.14.